The number of nitrogens with zero attached hydrogens (tertiary/aromatic N) is 2. The molecule has 6 nitrogen and oxygen atoms in total. The number of Topliss-reactive ketones (excluding diaryl/α,β-unsaturated/α-hetero) is 1. The maximum absolute atomic E-state index is 14.2. The highest BCUT2D eigenvalue weighted by atomic mass is 19.1. The fourth-order valence-corrected chi connectivity index (χ4v) is 3.69. The minimum Gasteiger partial charge on any atom is -0.507 e. The lowest BCUT2D eigenvalue weighted by Gasteiger charge is -2.25. The summed E-state index contributed by atoms with van der Waals surface area (Å²) >= 11 is 0. The van der Waals surface area contributed by atoms with Crippen LogP contribution in [0.2, 0.25) is 0 Å². The van der Waals surface area contributed by atoms with Crippen LogP contribution in [0.3, 0.4) is 0 Å². The molecule has 32 heavy (non-hydrogen) atoms. The highest BCUT2D eigenvalue weighted by Crippen LogP contribution is 2.40. The first-order chi connectivity index (χ1) is 15.4. The molecule has 0 radical (unpaired) electrons. The largest absolute Gasteiger partial charge is 0.507 e. The molecule has 1 saturated heterocycles. The molecule has 4 rings (SSSR count). The van der Waals surface area contributed by atoms with Crippen molar-refractivity contribution in [1.29, 1.82) is 0 Å². The summed E-state index contributed by atoms with van der Waals surface area (Å²) in [5, 5.41) is 11.0. The molecule has 3 aromatic rings. The number of halogens is 2. The standard InChI is InChI=1S/C24H18F2N2O4/c1-32-19-9-6-16(11-18(19)26)22(29)20-21(15-4-7-17(25)8-5-15)28(24(31)23(20)30)13-14-3-2-10-27-12-14/h2-12,21,29H,13H2,1H3/t21-/m1/s1. The average molecular weight is 436 g/mol. The predicted octanol–water partition coefficient (Wildman–Crippen LogP) is 3.99. The molecule has 1 aliphatic heterocycles. The first-order valence-corrected chi connectivity index (χ1v) is 9.67. The first kappa shape index (κ1) is 21.2. The van der Waals surface area contributed by atoms with Crippen LogP contribution in [0, 0.1) is 11.6 Å². The molecule has 8 heteroatoms. The second kappa shape index (κ2) is 8.58. The number of benzene rings is 2. The molecule has 1 aromatic heterocycles. The Kier molecular flexibility index (Phi) is 5.68. The SMILES string of the molecule is COc1ccc(C(O)=C2C(=O)C(=O)N(Cc3cccnc3)[C@@H]2c2ccc(F)cc2)cc1F. The summed E-state index contributed by atoms with van der Waals surface area (Å²) in [6, 6.07) is 11.4. The van der Waals surface area contributed by atoms with Gasteiger partial charge in [0.1, 0.15) is 11.6 Å². The van der Waals surface area contributed by atoms with E-state index in [1.54, 1.807) is 24.5 Å². The van der Waals surface area contributed by atoms with Crippen molar-refractivity contribution in [2.24, 2.45) is 0 Å². The van der Waals surface area contributed by atoms with Gasteiger partial charge in [0.25, 0.3) is 11.7 Å². The van der Waals surface area contributed by atoms with Gasteiger partial charge in [0.2, 0.25) is 0 Å². The number of carbonyl (C=O) groups is 2. The van der Waals surface area contributed by atoms with E-state index in [1.807, 2.05) is 0 Å². The number of likely N-dealkylation sites (tertiary alicyclic amines) is 1. The molecular weight excluding hydrogens is 418 g/mol. The molecule has 0 saturated carbocycles. The Morgan fingerprint density at radius 2 is 1.88 bits per heavy atom. The smallest absolute Gasteiger partial charge is 0.295 e. The molecule has 1 N–H and O–H groups in total. The minimum absolute atomic E-state index is 0.00906. The molecule has 0 unspecified atom stereocenters. The van der Waals surface area contributed by atoms with Crippen LogP contribution in [-0.4, -0.2) is 33.8 Å². The molecule has 0 aliphatic carbocycles. The van der Waals surface area contributed by atoms with Gasteiger partial charge in [-0.3, -0.25) is 14.6 Å². The van der Waals surface area contributed by atoms with Crippen LogP contribution >= 0.6 is 0 Å². The number of carbonyl (C=O) groups excluding carboxylic acids is 2. The predicted molar refractivity (Wildman–Crippen MR) is 111 cm³/mol. The van der Waals surface area contributed by atoms with Crippen molar-refractivity contribution in [2.75, 3.05) is 7.11 Å². The Labute approximate surface area is 182 Å². The summed E-state index contributed by atoms with van der Waals surface area (Å²) in [6.07, 6.45) is 3.13. The van der Waals surface area contributed by atoms with Crippen molar-refractivity contribution in [1.82, 2.24) is 9.88 Å². The van der Waals surface area contributed by atoms with Crippen LogP contribution < -0.4 is 4.74 Å². The Hall–Kier alpha value is -4.07. The molecule has 0 spiro atoms. The highest BCUT2D eigenvalue weighted by Gasteiger charge is 2.46. The Morgan fingerprint density at radius 3 is 2.50 bits per heavy atom. The molecular formula is C24H18F2N2O4. The fraction of sp³-hybridized carbons (Fsp3) is 0.125. The summed E-state index contributed by atoms with van der Waals surface area (Å²) in [7, 11) is 1.30. The maximum atomic E-state index is 14.2. The Bertz CT molecular complexity index is 1210. The van der Waals surface area contributed by atoms with Gasteiger partial charge in [-0.1, -0.05) is 18.2 Å². The molecule has 2 aromatic carbocycles. The van der Waals surface area contributed by atoms with Crippen molar-refractivity contribution in [3.63, 3.8) is 0 Å². The quantitative estimate of drug-likeness (QED) is 0.372. The zero-order valence-electron chi connectivity index (χ0n) is 17.0. The zero-order valence-corrected chi connectivity index (χ0v) is 17.0. The summed E-state index contributed by atoms with van der Waals surface area (Å²) < 4.78 is 32.7. The van der Waals surface area contributed by atoms with E-state index in [-0.39, 0.29) is 23.4 Å². The Morgan fingerprint density at radius 1 is 1.12 bits per heavy atom. The number of methoxy groups -OCH3 is 1. The summed E-state index contributed by atoms with van der Waals surface area (Å²) in [5.74, 6) is -3.55. The van der Waals surface area contributed by atoms with Crippen LogP contribution in [-0.2, 0) is 16.1 Å². The van der Waals surface area contributed by atoms with Gasteiger partial charge in [0, 0.05) is 24.5 Å². The van der Waals surface area contributed by atoms with Crippen molar-refractivity contribution in [2.45, 2.75) is 12.6 Å². The topological polar surface area (TPSA) is 79.7 Å². The van der Waals surface area contributed by atoms with Crippen LogP contribution in [0.1, 0.15) is 22.7 Å². The number of aliphatic hydroxyl groups is 1. The van der Waals surface area contributed by atoms with Crippen molar-refractivity contribution >= 4 is 17.4 Å². The lowest BCUT2D eigenvalue weighted by Crippen LogP contribution is -2.29. The van der Waals surface area contributed by atoms with Gasteiger partial charge in [-0.25, -0.2) is 8.78 Å². The maximum Gasteiger partial charge on any atom is 0.295 e. The first-order valence-electron chi connectivity index (χ1n) is 9.67. The fourth-order valence-electron chi connectivity index (χ4n) is 3.69. The van der Waals surface area contributed by atoms with Crippen LogP contribution in [0.25, 0.3) is 5.76 Å². The lowest BCUT2D eigenvalue weighted by molar-refractivity contribution is -0.140. The number of aromatic nitrogens is 1. The molecule has 1 atom stereocenters. The van der Waals surface area contributed by atoms with E-state index in [1.165, 1.54) is 48.4 Å². The number of hydrogen-bond acceptors (Lipinski definition) is 5. The van der Waals surface area contributed by atoms with Crippen molar-refractivity contribution in [3.05, 3.63) is 101 Å². The molecule has 1 aliphatic rings. The van der Waals surface area contributed by atoms with E-state index in [9.17, 15) is 23.5 Å². The number of rotatable bonds is 5. The molecule has 1 fully saturated rings. The van der Waals surface area contributed by atoms with Crippen LogP contribution in [0.4, 0.5) is 8.78 Å². The third-order valence-corrected chi connectivity index (χ3v) is 5.23. The number of amides is 1. The molecule has 0 bridgehead atoms. The third kappa shape index (κ3) is 3.82. The molecule has 1 amide bonds. The van der Waals surface area contributed by atoms with Gasteiger partial charge < -0.3 is 14.7 Å². The van der Waals surface area contributed by atoms with Gasteiger partial charge in [-0.2, -0.15) is 0 Å². The minimum atomic E-state index is -0.999. The monoisotopic (exact) mass is 436 g/mol. The van der Waals surface area contributed by atoms with Crippen molar-refractivity contribution < 1.29 is 28.2 Å². The number of ether oxygens (including phenoxy) is 1. The molecule has 162 valence electrons. The zero-order chi connectivity index (χ0) is 22.8. The van der Waals surface area contributed by atoms with E-state index in [0.29, 0.717) is 11.1 Å². The van der Waals surface area contributed by atoms with Gasteiger partial charge >= 0.3 is 0 Å². The second-order valence-electron chi connectivity index (χ2n) is 7.19. The highest BCUT2D eigenvalue weighted by molar-refractivity contribution is 6.46. The second-order valence-corrected chi connectivity index (χ2v) is 7.19. The number of aliphatic hydroxyl groups excluding tert-OH is 1. The van der Waals surface area contributed by atoms with Crippen LogP contribution in [0.5, 0.6) is 5.75 Å². The normalized spacial score (nSPS) is 17.6. The lowest BCUT2D eigenvalue weighted by atomic mass is 9.95. The summed E-state index contributed by atoms with van der Waals surface area (Å²) in [4.78, 5) is 31.2. The van der Waals surface area contributed by atoms with Gasteiger partial charge in [0.15, 0.2) is 11.6 Å². The van der Waals surface area contributed by atoms with E-state index < -0.39 is 35.1 Å². The van der Waals surface area contributed by atoms with E-state index in [4.69, 9.17) is 4.74 Å². The van der Waals surface area contributed by atoms with Crippen molar-refractivity contribution in [3.8, 4) is 5.75 Å². The van der Waals surface area contributed by atoms with E-state index in [0.717, 1.165) is 6.07 Å². The summed E-state index contributed by atoms with van der Waals surface area (Å²) in [6.45, 7) is 0.0359. The van der Waals surface area contributed by atoms with Gasteiger partial charge in [-0.15, -0.1) is 0 Å². The number of ketones is 1. The van der Waals surface area contributed by atoms with Crippen LogP contribution in [0.15, 0.2) is 72.6 Å². The average Bonchev–Trinajstić information content (AvgIpc) is 3.04. The van der Waals surface area contributed by atoms with E-state index in [2.05, 4.69) is 4.98 Å². The third-order valence-electron chi connectivity index (χ3n) is 5.23. The summed E-state index contributed by atoms with van der Waals surface area (Å²) in [5.41, 5.74) is 0.881. The van der Waals surface area contributed by atoms with Gasteiger partial charge in [0.05, 0.1) is 18.7 Å². The molecule has 2 heterocycles. The van der Waals surface area contributed by atoms with Gasteiger partial charge in [-0.05, 0) is 47.5 Å². The Balaban J connectivity index is 1.86. The van der Waals surface area contributed by atoms with E-state index >= 15 is 0 Å². The number of hydrogen-bond donors (Lipinski definition) is 1. The number of pyridine rings is 1.